The molecule has 0 aliphatic heterocycles. The standard InChI is InChI=1S/C7H2BrClF3NO/c8-2-1-13-7(12)4(6(10)11)3(2)5(9)14/h1,6H. The van der Waals surface area contributed by atoms with Crippen molar-refractivity contribution in [1.29, 1.82) is 0 Å². The van der Waals surface area contributed by atoms with Crippen LogP contribution in [0.1, 0.15) is 22.3 Å². The third kappa shape index (κ3) is 2.06. The van der Waals surface area contributed by atoms with E-state index in [0.29, 0.717) is 0 Å². The lowest BCUT2D eigenvalue weighted by atomic mass is 10.1. The Hall–Kier alpha value is -0.620. The van der Waals surface area contributed by atoms with Crippen LogP contribution in [0.25, 0.3) is 0 Å². The number of hydrogen-bond acceptors (Lipinski definition) is 2. The first-order chi connectivity index (χ1) is 6.45. The fourth-order valence-electron chi connectivity index (χ4n) is 0.878. The van der Waals surface area contributed by atoms with E-state index in [1.807, 2.05) is 0 Å². The molecule has 1 aromatic heterocycles. The average Bonchev–Trinajstić information content (AvgIpc) is 2.07. The van der Waals surface area contributed by atoms with Crippen LogP contribution >= 0.6 is 27.5 Å². The molecule has 1 aromatic rings. The van der Waals surface area contributed by atoms with E-state index in [9.17, 15) is 18.0 Å². The quantitative estimate of drug-likeness (QED) is 0.617. The van der Waals surface area contributed by atoms with Crippen LogP contribution in [0.5, 0.6) is 0 Å². The zero-order valence-corrected chi connectivity index (χ0v) is 8.74. The number of halogens is 5. The van der Waals surface area contributed by atoms with Gasteiger partial charge in [-0.15, -0.1) is 0 Å². The predicted molar refractivity (Wildman–Crippen MR) is 47.0 cm³/mol. The highest BCUT2D eigenvalue weighted by atomic mass is 79.9. The van der Waals surface area contributed by atoms with Crippen LogP contribution in [0.4, 0.5) is 13.2 Å². The van der Waals surface area contributed by atoms with Gasteiger partial charge in [0.1, 0.15) is 0 Å². The molecule has 0 radical (unpaired) electrons. The molecule has 0 N–H and O–H groups in total. The smallest absolute Gasteiger partial charge is 0.269 e. The number of carbonyl (C=O) groups is 1. The molecular weight excluding hydrogens is 286 g/mol. The maximum atomic E-state index is 12.8. The van der Waals surface area contributed by atoms with Crippen molar-refractivity contribution in [2.75, 3.05) is 0 Å². The van der Waals surface area contributed by atoms with Crippen molar-refractivity contribution in [3.05, 3.63) is 27.7 Å². The van der Waals surface area contributed by atoms with Gasteiger partial charge in [-0.05, 0) is 27.5 Å². The predicted octanol–water partition coefficient (Wildman–Crippen LogP) is 3.30. The minimum Gasteiger partial charge on any atom is -0.276 e. The van der Waals surface area contributed by atoms with E-state index in [-0.39, 0.29) is 4.47 Å². The summed E-state index contributed by atoms with van der Waals surface area (Å²) < 4.78 is 37.4. The van der Waals surface area contributed by atoms with Crippen LogP contribution in [0, 0.1) is 5.95 Å². The van der Waals surface area contributed by atoms with Crippen LogP contribution in [-0.4, -0.2) is 10.2 Å². The van der Waals surface area contributed by atoms with Crippen LogP contribution in [0.2, 0.25) is 0 Å². The van der Waals surface area contributed by atoms with Crippen molar-refractivity contribution in [2.24, 2.45) is 0 Å². The van der Waals surface area contributed by atoms with E-state index in [1.54, 1.807) is 0 Å². The molecule has 0 saturated heterocycles. The van der Waals surface area contributed by atoms with E-state index in [4.69, 9.17) is 11.6 Å². The summed E-state index contributed by atoms with van der Waals surface area (Å²) in [6.07, 6.45) is -2.24. The fraction of sp³-hybridized carbons (Fsp3) is 0.143. The molecule has 1 heterocycles. The van der Waals surface area contributed by atoms with Crippen molar-refractivity contribution in [2.45, 2.75) is 6.43 Å². The number of pyridine rings is 1. The monoisotopic (exact) mass is 287 g/mol. The van der Waals surface area contributed by atoms with Crippen LogP contribution in [0.3, 0.4) is 0 Å². The molecular formula is C7H2BrClF3NO. The number of aromatic nitrogens is 1. The Morgan fingerprint density at radius 3 is 2.50 bits per heavy atom. The Labute approximate surface area is 90.2 Å². The first kappa shape index (κ1) is 11.5. The zero-order chi connectivity index (χ0) is 10.9. The molecule has 14 heavy (non-hydrogen) atoms. The minimum absolute atomic E-state index is 0.0609. The highest BCUT2D eigenvalue weighted by molar-refractivity contribution is 9.10. The van der Waals surface area contributed by atoms with Gasteiger partial charge in [-0.3, -0.25) is 4.79 Å². The van der Waals surface area contributed by atoms with Gasteiger partial charge in [0.25, 0.3) is 11.7 Å². The van der Waals surface area contributed by atoms with Crippen molar-refractivity contribution >= 4 is 32.8 Å². The second-order valence-electron chi connectivity index (χ2n) is 2.26. The Morgan fingerprint density at radius 2 is 2.14 bits per heavy atom. The SMILES string of the molecule is O=C(Cl)c1c(Br)cnc(F)c1C(F)F. The van der Waals surface area contributed by atoms with Gasteiger partial charge >= 0.3 is 0 Å². The first-order valence-corrected chi connectivity index (χ1v) is 4.44. The van der Waals surface area contributed by atoms with Gasteiger partial charge in [0.15, 0.2) is 0 Å². The fourth-order valence-corrected chi connectivity index (χ4v) is 1.69. The van der Waals surface area contributed by atoms with Gasteiger partial charge in [-0.2, -0.15) is 4.39 Å². The molecule has 0 unspecified atom stereocenters. The van der Waals surface area contributed by atoms with Crippen molar-refractivity contribution < 1.29 is 18.0 Å². The lowest BCUT2D eigenvalue weighted by molar-refractivity contribution is 0.106. The summed E-state index contributed by atoms with van der Waals surface area (Å²) in [7, 11) is 0. The Morgan fingerprint density at radius 1 is 1.57 bits per heavy atom. The topological polar surface area (TPSA) is 30.0 Å². The molecule has 0 bridgehead atoms. The number of carbonyl (C=O) groups excluding carboxylic acids is 1. The molecule has 0 amide bonds. The summed E-state index contributed by atoms with van der Waals surface area (Å²) in [6.45, 7) is 0. The summed E-state index contributed by atoms with van der Waals surface area (Å²) in [5.41, 5.74) is -1.67. The lowest BCUT2D eigenvalue weighted by Gasteiger charge is -2.06. The minimum atomic E-state index is -3.14. The number of nitrogens with zero attached hydrogens (tertiary/aromatic N) is 1. The van der Waals surface area contributed by atoms with Gasteiger partial charge in [0.05, 0.1) is 11.1 Å². The number of alkyl halides is 2. The summed E-state index contributed by atoms with van der Waals surface area (Å²) in [5.74, 6) is -1.40. The molecule has 0 aliphatic carbocycles. The largest absolute Gasteiger partial charge is 0.276 e. The molecule has 0 aromatic carbocycles. The van der Waals surface area contributed by atoms with Crippen LogP contribution < -0.4 is 0 Å². The van der Waals surface area contributed by atoms with Gasteiger partial charge in [0.2, 0.25) is 5.95 Å². The maximum Gasteiger partial charge on any atom is 0.269 e. The Balaban J connectivity index is 3.50. The third-order valence-electron chi connectivity index (χ3n) is 1.44. The second kappa shape index (κ2) is 4.27. The van der Waals surface area contributed by atoms with E-state index < -0.39 is 28.7 Å². The summed E-state index contributed by atoms with van der Waals surface area (Å²) in [6, 6.07) is 0. The van der Waals surface area contributed by atoms with Gasteiger partial charge in [-0.25, -0.2) is 13.8 Å². The van der Waals surface area contributed by atoms with E-state index in [1.165, 1.54) is 0 Å². The van der Waals surface area contributed by atoms with Gasteiger partial charge < -0.3 is 0 Å². The molecule has 1 rings (SSSR count). The lowest BCUT2D eigenvalue weighted by Crippen LogP contribution is -2.05. The molecule has 76 valence electrons. The second-order valence-corrected chi connectivity index (χ2v) is 3.46. The van der Waals surface area contributed by atoms with E-state index in [0.717, 1.165) is 6.20 Å². The van der Waals surface area contributed by atoms with Crippen molar-refractivity contribution in [1.82, 2.24) is 4.98 Å². The van der Waals surface area contributed by atoms with E-state index in [2.05, 4.69) is 20.9 Å². The summed E-state index contributed by atoms with van der Waals surface area (Å²) in [4.78, 5) is 13.8. The molecule has 0 fully saturated rings. The normalized spacial score (nSPS) is 10.7. The van der Waals surface area contributed by atoms with Gasteiger partial charge in [-0.1, -0.05) is 0 Å². The molecule has 0 spiro atoms. The first-order valence-electron chi connectivity index (χ1n) is 3.27. The van der Waals surface area contributed by atoms with Crippen molar-refractivity contribution in [3.8, 4) is 0 Å². The van der Waals surface area contributed by atoms with E-state index >= 15 is 0 Å². The molecule has 0 saturated carbocycles. The summed E-state index contributed by atoms with van der Waals surface area (Å²) in [5, 5.41) is -1.16. The van der Waals surface area contributed by atoms with Crippen molar-refractivity contribution in [3.63, 3.8) is 0 Å². The highest BCUT2D eigenvalue weighted by Crippen LogP contribution is 2.30. The maximum absolute atomic E-state index is 12.8. The average molecular weight is 288 g/mol. The van der Waals surface area contributed by atoms with Crippen LogP contribution in [-0.2, 0) is 0 Å². The highest BCUT2D eigenvalue weighted by Gasteiger charge is 2.25. The molecule has 0 atom stereocenters. The van der Waals surface area contributed by atoms with Crippen LogP contribution in [0.15, 0.2) is 10.7 Å². The molecule has 2 nitrogen and oxygen atoms in total. The Kier molecular flexibility index (Phi) is 3.49. The number of rotatable bonds is 2. The zero-order valence-electron chi connectivity index (χ0n) is 6.40. The van der Waals surface area contributed by atoms with Gasteiger partial charge in [0, 0.05) is 10.7 Å². The molecule has 7 heteroatoms. The number of hydrogen-bond donors (Lipinski definition) is 0. The third-order valence-corrected chi connectivity index (χ3v) is 2.23. The summed E-state index contributed by atoms with van der Waals surface area (Å²) >= 11 is 7.82. The molecule has 0 aliphatic rings. The Bertz CT molecular complexity index is 385.